The van der Waals surface area contributed by atoms with E-state index in [0.29, 0.717) is 12.3 Å². The highest BCUT2D eigenvalue weighted by atomic mass is 16.5. The lowest BCUT2D eigenvalue weighted by atomic mass is 10.0. The number of carbonyl (C=O) groups is 1. The summed E-state index contributed by atoms with van der Waals surface area (Å²) >= 11 is 0. The summed E-state index contributed by atoms with van der Waals surface area (Å²) in [5.41, 5.74) is 4.68. The summed E-state index contributed by atoms with van der Waals surface area (Å²) in [4.78, 5) is 14.9. The first kappa shape index (κ1) is 22.2. The van der Waals surface area contributed by atoms with Crippen LogP contribution in [0.2, 0.25) is 0 Å². The van der Waals surface area contributed by atoms with Gasteiger partial charge in [0.1, 0.15) is 5.75 Å². The highest BCUT2D eigenvalue weighted by Crippen LogP contribution is 2.23. The minimum atomic E-state index is 0.147. The molecule has 0 aliphatic carbocycles. The number of methoxy groups -OCH3 is 1. The first-order chi connectivity index (χ1) is 14.4. The Morgan fingerprint density at radius 1 is 1.20 bits per heavy atom. The SMILES string of the molecule is COc1ccc(N2CCC(NC(=O)CCc3c(C)nn(CC(C)C)c3C)CC2)cc1. The van der Waals surface area contributed by atoms with Gasteiger partial charge in [-0.2, -0.15) is 5.10 Å². The lowest BCUT2D eigenvalue weighted by molar-refractivity contribution is -0.121. The number of benzene rings is 1. The lowest BCUT2D eigenvalue weighted by Crippen LogP contribution is -2.44. The van der Waals surface area contributed by atoms with Crippen molar-refractivity contribution in [2.45, 2.75) is 66.0 Å². The molecule has 0 bridgehead atoms. The molecule has 6 heteroatoms. The van der Waals surface area contributed by atoms with Gasteiger partial charge in [0.2, 0.25) is 5.91 Å². The molecule has 0 atom stereocenters. The average Bonchev–Trinajstić information content (AvgIpc) is 2.99. The number of rotatable bonds is 8. The van der Waals surface area contributed by atoms with Crippen LogP contribution in [0.3, 0.4) is 0 Å². The maximum Gasteiger partial charge on any atom is 0.220 e. The summed E-state index contributed by atoms with van der Waals surface area (Å²) in [7, 11) is 1.68. The minimum absolute atomic E-state index is 0.147. The van der Waals surface area contributed by atoms with Gasteiger partial charge in [0, 0.05) is 43.5 Å². The van der Waals surface area contributed by atoms with Gasteiger partial charge >= 0.3 is 0 Å². The van der Waals surface area contributed by atoms with Gasteiger partial charge in [-0.25, -0.2) is 0 Å². The third-order valence-corrected chi connectivity index (χ3v) is 5.97. The molecule has 1 aliphatic rings. The fraction of sp³-hybridized carbons (Fsp3) is 0.583. The number of amides is 1. The highest BCUT2D eigenvalue weighted by molar-refractivity contribution is 5.76. The Balaban J connectivity index is 1.45. The first-order valence-electron chi connectivity index (χ1n) is 11.1. The molecule has 1 N–H and O–H groups in total. The molecule has 0 unspecified atom stereocenters. The summed E-state index contributed by atoms with van der Waals surface area (Å²) in [6.07, 6.45) is 3.23. The Bertz CT molecular complexity index is 834. The van der Waals surface area contributed by atoms with Gasteiger partial charge in [0.25, 0.3) is 0 Å². The van der Waals surface area contributed by atoms with Crippen LogP contribution in [0.15, 0.2) is 24.3 Å². The van der Waals surface area contributed by atoms with Gasteiger partial charge in [-0.1, -0.05) is 13.8 Å². The molecular formula is C24H36N4O2. The number of hydrogen-bond acceptors (Lipinski definition) is 4. The molecule has 0 radical (unpaired) electrons. The van der Waals surface area contributed by atoms with E-state index in [4.69, 9.17) is 4.74 Å². The molecule has 164 valence electrons. The predicted molar refractivity (Wildman–Crippen MR) is 121 cm³/mol. The van der Waals surface area contributed by atoms with E-state index in [0.717, 1.165) is 50.3 Å². The Morgan fingerprint density at radius 3 is 2.47 bits per heavy atom. The van der Waals surface area contributed by atoms with E-state index < -0.39 is 0 Å². The standard InChI is InChI=1S/C24H36N4O2/c1-17(2)16-28-19(4)23(18(3)26-28)10-11-24(29)25-20-12-14-27(15-13-20)21-6-8-22(30-5)9-7-21/h6-9,17,20H,10-16H2,1-5H3,(H,25,29). The molecule has 1 amide bonds. The molecule has 30 heavy (non-hydrogen) atoms. The van der Waals surface area contributed by atoms with Crippen LogP contribution in [0.1, 0.15) is 50.1 Å². The molecule has 1 aromatic carbocycles. The Morgan fingerprint density at radius 2 is 1.87 bits per heavy atom. The number of nitrogens with one attached hydrogen (secondary N) is 1. The molecule has 2 aromatic rings. The van der Waals surface area contributed by atoms with Crippen LogP contribution < -0.4 is 15.0 Å². The van der Waals surface area contributed by atoms with Crippen LogP contribution in [-0.2, 0) is 17.8 Å². The van der Waals surface area contributed by atoms with Crippen LogP contribution in [0.25, 0.3) is 0 Å². The summed E-state index contributed by atoms with van der Waals surface area (Å²) < 4.78 is 7.32. The van der Waals surface area contributed by atoms with Gasteiger partial charge in [0.05, 0.1) is 12.8 Å². The molecule has 1 fully saturated rings. The van der Waals surface area contributed by atoms with Gasteiger partial charge in [0.15, 0.2) is 0 Å². The van der Waals surface area contributed by atoms with Crippen molar-refractivity contribution in [2.75, 3.05) is 25.1 Å². The van der Waals surface area contributed by atoms with Crippen molar-refractivity contribution in [3.63, 3.8) is 0 Å². The second kappa shape index (κ2) is 10.0. The van der Waals surface area contributed by atoms with Crippen molar-refractivity contribution in [3.8, 4) is 5.75 Å². The fourth-order valence-electron chi connectivity index (χ4n) is 4.23. The normalized spacial score (nSPS) is 14.9. The predicted octanol–water partition coefficient (Wildman–Crippen LogP) is 3.88. The van der Waals surface area contributed by atoms with Gasteiger partial charge < -0.3 is 15.0 Å². The third kappa shape index (κ3) is 5.55. The zero-order chi connectivity index (χ0) is 21.7. The minimum Gasteiger partial charge on any atom is -0.497 e. The number of piperidine rings is 1. The number of ether oxygens (including phenoxy) is 1. The molecular weight excluding hydrogens is 376 g/mol. The molecule has 2 heterocycles. The lowest BCUT2D eigenvalue weighted by Gasteiger charge is -2.34. The van der Waals surface area contributed by atoms with E-state index in [1.165, 1.54) is 16.9 Å². The molecule has 1 aliphatic heterocycles. The zero-order valence-electron chi connectivity index (χ0n) is 19.1. The van der Waals surface area contributed by atoms with Gasteiger partial charge in [-0.3, -0.25) is 9.48 Å². The smallest absolute Gasteiger partial charge is 0.220 e. The van der Waals surface area contributed by atoms with Crippen molar-refractivity contribution in [1.29, 1.82) is 0 Å². The molecule has 6 nitrogen and oxygen atoms in total. The number of nitrogens with zero attached hydrogens (tertiary/aromatic N) is 3. The average molecular weight is 413 g/mol. The van der Waals surface area contributed by atoms with Crippen LogP contribution in [0.4, 0.5) is 5.69 Å². The summed E-state index contributed by atoms with van der Waals surface area (Å²) in [6, 6.07) is 8.45. The Labute approximate surface area is 180 Å². The first-order valence-corrected chi connectivity index (χ1v) is 11.1. The topological polar surface area (TPSA) is 59.4 Å². The number of aromatic nitrogens is 2. The van der Waals surface area contributed by atoms with Crippen molar-refractivity contribution < 1.29 is 9.53 Å². The summed E-state index contributed by atoms with van der Waals surface area (Å²) in [6.45, 7) is 11.4. The summed E-state index contributed by atoms with van der Waals surface area (Å²) in [5.74, 6) is 1.58. The van der Waals surface area contributed by atoms with E-state index in [2.05, 4.69) is 52.9 Å². The van der Waals surface area contributed by atoms with Crippen LogP contribution >= 0.6 is 0 Å². The van der Waals surface area contributed by atoms with Crippen molar-refractivity contribution in [2.24, 2.45) is 5.92 Å². The Kier molecular flexibility index (Phi) is 7.40. The van der Waals surface area contributed by atoms with E-state index >= 15 is 0 Å². The maximum absolute atomic E-state index is 12.5. The van der Waals surface area contributed by atoms with Gasteiger partial charge in [-0.05, 0) is 68.9 Å². The fourth-order valence-corrected chi connectivity index (χ4v) is 4.23. The van der Waals surface area contributed by atoms with Crippen LogP contribution in [0, 0.1) is 19.8 Å². The largest absolute Gasteiger partial charge is 0.497 e. The van der Waals surface area contributed by atoms with Crippen molar-refractivity contribution >= 4 is 11.6 Å². The molecule has 3 rings (SSSR count). The molecule has 1 aromatic heterocycles. The van der Waals surface area contributed by atoms with Crippen LogP contribution in [0.5, 0.6) is 5.75 Å². The molecule has 0 saturated carbocycles. The van der Waals surface area contributed by atoms with Crippen molar-refractivity contribution in [1.82, 2.24) is 15.1 Å². The summed E-state index contributed by atoms with van der Waals surface area (Å²) in [5, 5.41) is 7.91. The van der Waals surface area contributed by atoms with Crippen LogP contribution in [-0.4, -0.2) is 41.9 Å². The van der Waals surface area contributed by atoms with Crippen molar-refractivity contribution in [3.05, 3.63) is 41.2 Å². The third-order valence-electron chi connectivity index (χ3n) is 5.97. The highest BCUT2D eigenvalue weighted by Gasteiger charge is 2.21. The molecule has 1 saturated heterocycles. The second-order valence-electron chi connectivity index (χ2n) is 8.75. The number of carbonyl (C=O) groups excluding carboxylic acids is 1. The van der Waals surface area contributed by atoms with E-state index in [1.54, 1.807) is 7.11 Å². The van der Waals surface area contributed by atoms with E-state index in [1.807, 2.05) is 19.1 Å². The second-order valence-corrected chi connectivity index (χ2v) is 8.75. The quantitative estimate of drug-likeness (QED) is 0.715. The number of anilines is 1. The van der Waals surface area contributed by atoms with Gasteiger partial charge in [-0.15, -0.1) is 0 Å². The molecule has 0 spiro atoms. The number of hydrogen-bond donors (Lipinski definition) is 1. The monoisotopic (exact) mass is 412 g/mol. The van der Waals surface area contributed by atoms with E-state index in [-0.39, 0.29) is 11.9 Å². The number of aryl methyl sites for hydroxylation is 1. The van der Waals surface area contributed by atoms with E-state index in [9.17, 15) is 4.79 Å². The maximum atomic E-state index is 12.5. The zero-order valence-corrected chi connectivity index (χ0v) is 19.1. The Hall–Kier alpha value is -2.50.